The summed E-state index contributed by atoms with van der Waals surface area (Å²) in [6.07, 6.45) is 8.44. The zero-order valence-electron chi connectivity index (χ0n) is 11.5. The summed E-state index contributed by atoms with van der Waals surface area (Å²) in [4.78, 5) is 19.5. The van der Waals surface area contributed by atoms with Crippen molar-refractivity contribution in [2.75, 3.05) is 5.73 Å². The minimum absolute atomic E-state index is 0.187. The molecule has 0 bridgehead atoms. The Morgan fingerprint density at radius 2 is 1.85 bits per heavy atom. The largest absolute Gasteiger partial charge is 0.398 e. The summed E-state index contributed by atoms with van der Waals surface area (Å²) >= 11 is 1.80. The van der Waals surface area contributed by atoms with E-state index in [2.05, 4.69) is 0 Å². The van der Waals surface area contributed by atoms with Crippen LogP contribution in [-0.2, 0) is 19.3 Å². The highest BCUT2D eigenvalue weighted by atomic mass is 32.1. The normalized spacial score (nSPS) is 18.7. The quantitative estimate of drug-likeness (QED) is 0.752. The number of aromatic nitrogens is 1. The van der Waals surface area contributed by atoms with Crippen molar-refractivity contribution in [3.63, 3.8) is 0 Å². The second-order valence-electron chi connectivity index (χ2n) is 5.87. The molecule has 0 spiro atoms. The molecule has 4 heteroatoms. The summed E-state index contributed by atoms with van der Waals surface area (Å²) < 4.78 is 0. The highest BCUT2D eigenvalue weighted by Crippen LogP contribution is 2.41. The molecule has 0 fully saturated rings. The van der Waals surface area contributed by atoms with E-state index in [0.29, 0.717) is 12.1 Å². The van der Waals surface area contributed by atoms with E-state index in [0.717, 1.165) is 47.2 Å². The number of hydrogen-bond acceptors (Lipinski definition) is 4. The molecule has 2 aliphatic rings. The minimum atomic E-state index is 0.187. The van der Waals surface area contributed by atoms with Crippen molar-refractivity contribution in [2.24, 2.45) is 0 Å². The van der Waals surface area contributed by atoms with Crippen molar-refractivity contribution in [3.8, 4) is 0 Å². The van der Waals surface area contributed by atoms with E-state index in [9.17, 15) is 4.79 Å². The number of ketones is 1. The maximum atomic E-state index is 12.2. The molecule has 4 rings (SSSR count). The fourth-order valence-electron chi connectivity index (χ4n) is 3.58. The van der Waals surface area contributed by atoms with Gasteiger partial charge < -0.3 is 5.73 Å². The smallest absolute Gasteiger partial charge is 0.166 e. The maximum absolute atomic E-state index is 12.2. The number of carbonyl (C=O) groups is 1. The number of pyridine rings is 1. The second-order valence-corrected chi connectivity index (χ2v) is 6.95. The number of fused-ring (bicyclic) bond motifs is 4. The highest BCUT2D eigenvalue weighted by molar-refractivity contribution is 7.19. The average molecular weight is 286 g/mol. The Morgan fingerprint density at radius 1 is 1.00 bits per heavy atom. The zero-order chi connectivity index (χ0) is 13.7. The number of aryl methyl sites for hydroxylation is 3. The SMILES string of the molecule is Nc1c2c(nc3sc4c(c13)CCCCC4)CCCC2=O. The van der Waals surface area contributed by atoms with Crippen LogP contribution in [-0.4, -0.2) is 10.8 Å². The number of Topliss-reactive ketones (excluding diaryl/α,β-unsaturated/α-hetero) is 1. The van der Waals surface area contributed by atoms with Crippen LogP contribution in [0.3, 0.4) is 0 Å². The fraction of sp³-hybridized carbons (Fsp3) is 0.500. The van der Waals surface area contributed by atoms with Gasteiger partial charge in [-0.05, 0) is 44.1 Å². The monoisotopic (exact) mass is 286 g/mol. The van der Waals surface area contributed by atoms with Gasteiger partial charge in [0.2, 0.25) is 0 Å². The van der Waals surface area contributed by atoms with E-state index in [1.54, 1.807) is 11.3 Å². The Kier molecular flexibility index (Phi) is 2.81. The number of nitrogens with zero attached hydrogens (tertiary/aromatic N) is 1. The van der Waals surface area contributed by atoms with Crippen molar-refractivity contribution in [1.29, 1.82) is 0 Å². The summed E-state index contributed by atoms with van der Waals surface area (Å²) in [5.74, 6) is 0.187. The van der Waals surface area contributed by atoms with Crippen LogP contribution in [0.4, 0.5) is 5.69 Å². The maximum Gasteiger partial charge on any atom is 0.166 e. The molecule has 0 saturated heterocycles. The molecule has 104 valence electrons. The molecule has 0 amide bonds. The predicted octanol–water partition coefficient (Wildman–Crippen LogP) is 3.67. The van der Waals surface area contributed by atoms with Crippen molar-refractivity contribution >= 4 is 33.0 Å². The van der Waals surface area contributed by atoms with Gasteiger partial charge in [-0.2, -0.15) is 0 Å². The summed E-state index contributed by atoms with van der Waals surface area (Å²) in [5.41, 5.74) is 10.2. The summed E-state index contributed by atoms with van der Waals surface area (Å²) in [6, 6.07) is 0. The van der Waals surface area contributed by atoms with Crippen LogP contribution in [0.25, 0.3) is 10.2 Å². The topological polar surface area (TPSA) is 56.0 Å². The fourth-order valence-corrected chi connectivity index (χ4v) is 4.88. The van der Waals surface area contributed by atoms with Crippen LogP contribution < -0.4 is 5.73 Å². The van der Waals surface area contributed by atoms with Crippen LogP contribution in [0.2, 0.25) is 0 Å². The first-order valence-corrected chi connectivity index (χ1v) is 8.33. The van der Waals surface area contributed by atoms with Gasteiger partial charge in [0.25, 0.3) is 0 Å². The van der Waals surface area contributed by atoms with E-state index in [1.807, 2.05) is 0 Å². The molecule has 0 saturated carbocycles. The summed E-state index contributed by atoms with van der Waals surface area (Å²) in [7, 11) is 0. The van der Waals surface area contributed by atoms with Crippen molar-refractivity contribution < 1.29 is 4.79 Å². The lowest BCUT2D eigenvalue weighted by molar-refractivity contribution is 0.0973. The number of carbonyl (C=O) groups excluding carboxylic acids is 1. The lowest BCUT2D eigenvalue weighted by Gasteiger charge is -2.16. The number of anilines is 1. The number of hydrogen-bond donors (Lipinski definition) is 1. The molecule has 2 aromatic heterocycles. The average Bonchev–Trinajstić information content (AvgIpc) is 2.62. The van der Waals surface area contributed by atoms with Crippen molar-refractivity contribution in [3.05, 3.63) is 21.7 Å². The molecule has 0 unspecified atom stereocenters. The van der Waals surface area contributed by atoms with Crippen LogP contribution in [0.5, 0.6) is 0 Å². The van der Waals surface area contributed by atoms with Gasteiger partial charge in [-0.1, -0.05) is 6.42 Å². The first-order valence-electron chi connectivity index (χ1n) is 7.51. The number of nitrogen functional groups attached to an aromatic ring is 1. The van der Waals surface area contributed by atoms with Gasteiger partial charge >= 0.3 is 0 Å². The lowest BCUT2D eigenvalue weighted by atomic mass is 9.91. The first-order chi connectivity index (χ1) is 9.75. The number of nitrogens with two attached hydrogens (primary N) is 1. The highest BCUT2D eigenvalue weighted by Gasteiger charge is 2.26. The van der Waals surface area contributed by atoms with Gasteiger partial charge in [-0.15, -0.1) is 11.3 Å². The van der Waals surface area contributed by atoms with Gasteiger partial charge in [0, 0.05) is 16.7 Å². The molecule has 0 radical (unpaired) electrons. The van der Waals surface area contributed by atoms with E-state index in [4.69, 9.17) is 10.7 Å². The molecule has 2 aromatic rings. The first kappa shape index (κ1) is 12.3. The Balaban J connectivity index is 2.03. The number of rotatable bonds is 0. The molecule has 0 atom stereocenters. The van der Waals surface area contributed by atoms with Crippen LogP contribution in [0.1, 0.15) is 58.6 Å². The van der Waals surface area contributed by atoms with E-state index >= 15 is 0 Å². The summed E-state index contributed by atoms with van der Waals surface area (Å²) in [5, 5.41) is 1.10. The van der Waals surface area contributed by atoms with Gasteiger partial charge in [-0.3, -0.25) is 4.79 Å². The molecule has 3 nitrogen and oxygen atoms in total. The molecule has 0 aliphatic heterocycles. The molecule has 2 aliphatic carbocycles. The molecule has 0 aromatic carbocycles. The molecular weight excluding hydrogens is 268 g/mol. The second kappa shape index (κ2) is 4.55. The minimum Gasteiger partial charge on any atom is -0.398 e. The van der Waals surface area contributed by atoms with Crippen LogP contribution in [0, 0.1) is 0 Å². The zero-order valence-corrected chi connectivity index (χ0v) is 12.3. The van der Waals surface area contributed by atoms with Crippen molar-refractivity contribution in [2.45, 2.75) is 51.4 Å². The Hall–Kier alpha value is -1.42. The Bertz CT molecular complexity index is 717. The van der Waals surface area contributed by atoms with E-state index in [-0.39, 0.29) is 5.78 Å². The number of thiophene rings is 1. The van der Waals surface area contributed by atoms with Gasteiger partial charge in [0.15, 0.2) is 5.78 Å². The predicted molar refractivity (Wildman–Crippen MR) is 82.6 cm³/mol. The van der Waals surface area contributed by atoms with E-state index < -0.39 is 0 Å². The molecule has 2 heterocycles. The van der Waals surface area contributed by atoms with E-state index in [1.165, 1.54) is 29.7 Å². The lowest BCUT2D eigenvalue weighted by Crippen LogP contribution is -2.15. The molecule has 20 heavy (non-hydrogen) atoms. The third-order valence-corrected chi connectivity index (χ3v) is 5.75. The standard InChI is InChI=1S/C16H18N2OS/c17-15-13-9-5-2-1-3-8-12(9)20-16(13)18-10-6-4-7-11(19)14(10)15/h1-8H2,(H2,17,18). The Morgan fingerprint density at radius 3 is 2.75 bits per heavy atom. The molecule has 2 N–H and O–H groups in total. The van der Waals surface area contributed by atoms with Crippen LogP contribution >= 0.6 is 11.3 Å². The van der Waals surface area contributed by atoms with Crippen LogP contribution in [0.15, 0.2) is 0 Å². The third-order valence-electron chi connectivity index (χ3n) is 4.56. The Labute approximate surface area is 122 Å². The third kappa shape index (κ3) is 1.71. The van der Waals surface area contributed by atoms with Gasteiger partial charge in [-0.25, -0.2) is 4.98 Å². The van der Waals surface area contributed by atoms with Crippen molar-refractivity contribution in [1.82, 2.24) is 4.98 Å². The summed E-state index contributed by atoms with van der Waals surface area (Å²) in [6.45, 7) is 0. The van der Waals surface area contributed by atoms with Gasteiger partial charge in [0.05, 0.1) is 16.9 Å². The molecular formula is C16H18N2OS. The van der Waals surface area contributed by atoms with Gasteiger partial charge in [0.1, 0.15) is 4.83 Å².